The molecule has 0 aromatic carbocycles. The maximum Gasteiger partial charge on any atom is 0.0105 e. The molecule has 0 spiro atoms. The van der Waals surface area contributed by atoms with Crippen LogP contribution in [0.1, 0.15) is 53.4 Å². The van der Waals surface area contributed by atoms with Gasteiger partial charge in [0, 0.05) is 6.04 Å². The number of nitrogens with zero attached hydrogens (tertiary/aromatic N) is 1. The zero-order chi connectivity index (χ0) is 11.1. The van der Waals surface area contributed by atoms with Gasteiger partial charge in [-0.15, -0.1) is 0 Å². The van der Waals surface area contributed by atoms with Gasteiger partial charge in [-0.25, -0.2) is 0 Å². The first-order valence-electron chi connectivity index (χ1n) is 6.72. The molecule has 2 fully saturated rings. The Kier molecular flexibility index (Phi) is 3.12. The van der Waals surface area contributed by atoms with E-state index < -0.39 is 0 Å². The Hall–Kier alpha value is -0.0400. The van der Waals surface area contributed by atoms with Gasteiger partial charge in [-0.1, -0.05) is 27.7 Å². The SMILES string of the molecule is CC(C)C1CCN(C2CC(C)(C)C2)CC1. The second-order valence-corrected chi connectivity index (χ2v) is 6.84. The van der Waals surface area contributed by atoms with Crippen molar-refractivity contribution >= 4 is 0 Å². The van der Waals surface area contributed by atoms with E-state index in [9.17, 15) is 0 Å². The first-order valence-corrected chi connectivity index (χ1v) is 6.72. The van der Waals surface area contributed by atoms with E-state index in [1.807, 2.05) is 0 Å². The Balaban J connectivity index is 1.75. The number of piperidine rings is 1. The summed E-state index contributed by atoms with van der Waals surface area (Å²) in [6, 6.07) is 0.924. The molecule has 1 saturated carbocycles. The van der Waals surface area contributed by atoms with Crippen LogP contribution in [0.25, 0.3) is 0 Å². The van der Waals surface area contributed by atoms with Crippen LogP contribution in [0.4, 0.5) is 0 Å². The Morgan fingerprint density at radius 3 is 2.00 bits per heavy atom. The summed E-state index contributed by atoms with van der Waals surface area (Å²) in [7, 11) is 0. The van der Waals surface area contributed by atoms with Crippen molar-refractivity contribution in [3.63, 3.8) is 0 Å². The lowest BCUT2D eigenvalue weighted by Crippen LogP contribution is -2.51. The third kappa shape index (κ3) is 2.55. The van der Waals surface area contributed by atoms with Crippen LogP contribution >= 0.6 is 0 Å². The number of rotatable bonds is 2. The first kappa shape index (κ1) is 11.4. The normalized spacial score (nSPS) is 29.4. The fraction of sp³-hybridized carbons (Fsp3) is 1.00. The molecule has 88 valence electrons. The Morgan fingerprint density at radius 2 is 1.60 bits per heavy atom. The molecule has 0 aromatic heterocycles. The molecule has 2 aliphatic rings. The molecule has 0 radical (unpaired) electrons. The number of likely N-dealkylation sites (tertiary alicyclic amines) is 1. The quantitative estimate of drug-likeness (QED) is 0.672. The summed E-state index contributed by atoms with van der Waals surface area (Å²) in [4.78, 5) is 2.75. The lowest BCUT2D eigenvalue weighted by atomic mass is 9.67. The summed E-state index contributed by atoms with van der Waals surface area (Å²) in [5, 5.41) is 0. The fourth-order valence-corrected chi connectivity index (χ4v) is 3.43. The number of hydrogen-bond donors (Lipinski definition) is 0. The van der Waals surface area contributed by atoms with Crippen molar-refractivity contribution in [2.75, 3.05) is 13.1 Å². The van der Waals surface area contributed by atoms with Crippen molar-refractivity contribution in [3.05, 3.63) is 0 Å². The van der Waals surface area contributed by atoms with E-state index in [0.29, 0.717) is 5.41 Å². The van der Waals surface area contributed by atoms with Gasteiger partial charge in [-0.2, -0.15) is 0 Å². The first-order chi connectivity index (χ1) is 6.98. The highest BCUT2D eigenvalue weighted by atomic mass is 15.2. The topological polar surface area (TPSA) is 3.24 Å². The molecule has 1 aliphatic carbocycles. The molecular weight excluding hydrogens is 182 g/mol. The molecule has 0 unspecified atom stereocenters. The van der Waals surface area contributed by atoms with Gasteiger partial charge in [0.15, 0.2) is 0 Å². The average molecular weight is 209 g/mol. The van der Waals surface area contributed by atoms with E-state index in [0.717, 1.165) is 17.9 Å². The largest absolute Gasteiger partial charge is 0.300 e. The van der Waals surface area contributed by atoms with Gasteiger partial charge in [-0.3, -0.25) is 0 Å². The minimum atomic E-state index is 0.638. The predicted molar refractivity (Wildman–Crippen MR) is 65.9 cm³/mol. The molecule has 2 rings (SSSR count). The molecule has 1 heterocycles. The monoisotopic (exact) mass is 209 g/mol. The Labute approximate surface area is 95.2 Å². The van der Waals surface area contributed by atoms with E-state index in [2.05, 4.69) is 32.6 Å². The lowest BCUT2D eigenvalue weighted by molar-refractivity contribution is 0.00206. The predicted octanol–water partition coefficient (Wildman–Crippen LogP) is 3.54. The van der Waals surface area contributed by atoms with Crippen molar-refractivity contribution in [1.82, 2.24) is 4.90 Å². The van der Waals surface area contributed by atoms with Crippen LogP contribution in [0, 0.1) is 17.3 Å². The maximum absolute atomic E-state index is 2.75. The zero-order valence-electron chi connectivity index (χ0n) is 10.9. The van der Waals surface area contributed by atoms with Crippen LogP contribution in [-0.2, 0) is 0 Å². The average Bonchev–Trinajstić information content (AvgIpc) is 2.14. The molecule has 0 atom stereocenters. The summed E-state index contributed by atoms with van der Waals surface area (Å²) in [5.41, 5.74) is 0.638. The minimum absolute atomic E-state index is 0.638. The van der Waals surface area contributed by atoms with E-state index in [4.69, 9.17) is 0 Å². The molecule has 1 saturated heterocycles. The molecule has 1 heteroatoms. The van der Waals surface area contributed by atoms with Gasteiger partial charge < -0.3 is 4.90 Å². The van der Waals surface area contributed by atoms with Crippen LogP contribution in [0.15, 0.2) is 0 Å². The summed E-state index contributed by atoms with van der Waals surface area (Å²) < 4.78 is 0. The smallest absolute Gasteiger partial charge is 0.0105 e. The maximum atomic E-state index is 2.75. The van der Waals surface area contributed by atoms with E-state index in [-0.39, 0.29) is 0 Å². The Morgan fingerprint density at radius 1 is 1.07 bits per heavy atom. The molecule has 1 nitrogen and oxygen atoms in total. The van der Waals surface area contributed by atoms with Gasteiger partial charge in [-0.05, 0) is 56.0 Å². The van der Waals surface area contributed by atoms with Crippen LogP contribution in [0.3, 0.4) is 0 Å². The molecule has 0 aromatic rings. The highest BCUT2D eigenvalue weighted by molar-refractivity contribution is 4.94. The van der Waals surface area contributed by atoms with Crippen LogP contribution in [0.2, 0.25) is 0 Å². The van der Waals surface area contributed by atoms with Crippen molar-refractivity contribution in [2.45, 2.75) is 59.4 Å². The van der Waals surface area contributed by atoms with Crippen molar-refractivity contribution in [1.29, 1.82) is 0 Å². The second-order valence-electron chi connectivity index (χ2n) is 6.84. The summed E-state index contributed by atoms with van der Waals surface area (Å²) >= 11 is 0. The minimum Gasteiger partial charge on any atom is -0.300 e. The highest BCUT2D eigenvalue weighted by Gasteiger charge is 2.40. The fourth-order valence-electron chi connectivity index (χ4n) is 3.43. The third-order valence-corrected chi connectivity index (χ3v) is 4.61. The van der Waals surface area contributed by atoms with Crippen molar-refractivity contribution in [3.8, 4) is 0 Å². The molecule has 0 N–H and O–H groups in total. The van der Waals surface area contributed by atoms with E-state index >= 15 is 0 Å². The highest BCUT2D eigenvalue weighted by Crippen LogP contribution is 2.43. The van der Waals surface area contributed by atoms with Crippen molar-refractivity contribution in [2.24, 2.45) is 17.3 Å². The molecule has 0 bridgehead atoms. The van der Waals surface area contributed by atoms with Gasteiger partial charge in [0.25, 0.3) is 0 Å². The van der Waals surface area contributed by atoms with Crippen LogP contribution in [-0.4, -0.2) is 24.0 Å². The lowest BCUT2D eigenvalue weighted by Gasteiger charge is -2.50. The van der Waals surface area contributed by atoms with Crippen LogP contribution in [0.5, 0.6) is 0 Å². The van der Waals surface area contributed by atoms with E-state index in [1.54, 1.807) is 0 Å². The molecule has 15 heavy (non-hydrogen) atoms. The zero-order valence-corrected chi connectivity index (χ0v) is 10.9. The molecule has 1 aliphatic heterocycles. The summed E-state index contributed by atoms with van der Waals surface area (Å²) in [6.07, 6.45) is 5.74. The summed E-state index contributed by atoms with van der Waals surface area (Å²) in [5.74, 6) is 1.89. The van der Waals surface area contributed by atoms with Crippen molar-refractivity contribution < 1.29 is 0 Å². The van der Waals surface area contributed by atoms with Gasteiger partial charge in [0.1, 0.15) is 0 Å². The van der Waals surface area contributed by atoms with E-state index in [1.165, 1.54) is 38.8 Å². The van der Waals surface area contributed by atoms with Gasteiger partial charge in [0.05, 0.1) is 0 Å². The second kappa shape index (κ2) is 4.08. The molecular formula is C14H27N. The third-order valence-electron chi connectivity index (χ3n) is 4.61. The standard InChI is InChI=1S/C14H27N/c1-11(2)12-5-7-15(8-6-12)13-9-14(3,4)10-13/h11-13H,5-10H2,1-4H3. The number of hydrogen-bond acceptors (Lipinski definition) is 1. The van der Waals surface area contributed by atoms with Crippen LogP contribution < -0.4 is 0 Å². The van der Waals surface area contributed by atoms with Gasteiger partial charge >= 0.3 is 0 Å². The Bertz CT molecular complexity index is 203. The molecule has 0 amide bonds. The summed E-state index contributed by atoms with van der Waals surface area (Å²) in [6.45, 7) is 12.3. The van der Waals surface area contributed by atoms with Gasteiger partial charge in [0.2, 0.25) is 0 Å².